The van der Waals surface area contributed by atoms with Gasteiger partial charge in [0, 0.05) is 29.1 Å². The predicted molar refractivity (Wildman–Crippen MR) is 104 cm³/mol. The molecule has 0 saturated heterocycles. The zero-order valence-corrected chi connectivity index (χ0v) is 15.1. The van der Waals surface area contributed by atoms with Gasteiger partial charge in [0.05, 0.1) is 22.8 Å². The van der Waals surface area contributed by atoms with Gasteiger partial charge in [-0.05, 0) is 12.1 Å². The Morgan fingerprint density at radius 1 is 0.962 bits per heavy atom. The smallest absolute Gasteiger partial charge is 0.156 e. The number of benzene rings is 2. The molecule has 4 rings (SSSR count). The Morgan fingerprint density at radius 2 is 1.81 bits per heavy atom. The minimum atomic E-state index is 0.491. The van der Waals surface area contributed by atoms with E-state index in [-0.39, 0.29) is 0 Å². The molecule has 26 heavy (non-hydrogen) atoms. The van der Waals surface area contributed by atoms with Crippen LogP contribution in [0.25, 0.3) is 22.0 Å². The van der Waals surface area contributed by atoms with Crippen LogP contribution in [0.1, 0.15) is 0 Å². The van der Waals surface area contributed by atoms with E-state index in [9.17, 15) is 0 Å². The summed E-state index contributed by atoms with van der Waals surface area (Å²) in [4.78, 5) is 0. The summed E-state index contributed by atoms with van der Waals surface area (Å²) in [6.45, 7) is 1.35. The van der Waals surface area contributed by atoms with Gasteiger partial charge in [-0.3, -0.25) is 4.68 Å². The first-order valence-electron chi connectivity index (χ1n) is 8.01. The Labute approximate surface area is 159 Å². The summed E-state index contributed by atoms with van der Waals surface area (Å²) in [6, 6.07) is 13.4. The van der Waals surface area contributed by atoms with Gasteiger partial charge in [0.25, 0.3) is 0 Å². The van der Waals surface area contributed by atoms with Crippen LogP contribution in [0.15, 0.2) is 54.9 Å². The van der Waals surface area contributed by atoms with Crippen molar-refractivity contribution in [2.75, 3.05) is 11.9 Å². The molecule has 0 bridgehead atoms. The Balaban J connectivity index is 1.67. The van der Waals surface area contributed by atoms with Crippen molar-refractivity contribution in [3.8, 4) is 11.3 Å². The standard InChI is InChI=1S/C18H14Cl2N6/c19-15-6-5-12(11-16(15)20)17-13-3-1-2-4-14(13)18(24-23-17)21-7-9-26-10-8-22-25-26/h1-6,8,10-11H,7,9H2,(H,21,24). The lowest BCUT2D eigenvalue weighted by molar-refractivity contribution is 0.608. The number of aromatic nitrogens is 5. The Hall–Kier alpha value is -2.70. The van der Waals surface area contributed by atoms with E-state index in [0.29, 0.717) is 23.1 Å². The molecule has 0 aliphatic carbocycles. The van der Waals surface area contributed by atoms with Crippen LogP contribution in [0, 0.1) is 0 Å². The quantitative estimate of drug-likeness (QED) is 0.555. The van der Waals surface area contributed by atoms with E-state index in [4.69, 9.17) is 23.2 Å². The molecule has 1 N–H and O–H groups in total. The minimum Gasteiger partial charge on any atom is -0.366 e. The summed E-state index contributed by atoms with van der Waals surface area (Å²) in [7, 11) is 0. The maximum atomic E-state index is 6.16. The number of fused-ring (bicyclic) bond motifs is 1. The molecular formula is C18H14Cl2N6. The summed E-state index contributed by atoms with van der Waals surface area (Å²) in [5, 5.41) is 22.8. The average molecular weight is 385 g/mol. The highest BCUT2D eigenvalue weighted by Gasteiger charge is 2.12. The minimum absolute atomic E-state index is 0.491. The number of anilines is 1. The largest absolute Gasteiger partial charge is 0.366 e. The number of nitrogens with zero attached hydrogens (tertiary/aromatic N) is 5. The van der Waals surface area contributed by atoms with Crippen molar-refractivity contribution in [3.63, 3.8) is 0 Å². The SMILES string of the molecule is Clc1ccc(-c2nnc(NCCn3ccnn3)c3ccccc23)cc1Cl. The van der Waals surface area contributed by atoms with Crippen LogP contribution in [0.3, 0.4) is 0 Å². The topological polar surface area (TPSA) is 68.5 Å². The molecule has 2 aromatic heterocycles. The van der Waals surface area contributed by atoms with Gasteiger partial charge in [0.1, 0.15) is 5.69 Å². The van der Waals surface area contributed by atoms with Crippen LogP contribution in [0.5, 0.6) is 0 Å². The molecule has 6 nitrogen and oxygen atoms in total. The molecular weight excluding hydrogens is 371 g/mol. The molecule has 0 aliphatic rings. The third kappa shape index (κ3) is 3.34. The highest BCUT2D eigenvalue weighted by molar-refractivity contribution is 6.42. The van der Waals surface area contributed by atoms with Gasteiger partial charge in [-0.2, -0.15) is 0 Å². The molecule has 8 heteroatoms. The van der Waals surface area contributed by atoms with Gasteiger partial charge in [0.2, 0.25) is 0 Å². The van der Waals surface area contributed by atoms with Gasteiger partial charge < -0.3 is 5.32 Å². The van der Waals surface area contributed by atoms with E-state index in [2.05, 4.69) is 25.8 Å². The fourth-order valence-corrected chi connectivity index (χ4v) is 3.03. The predicted octanol–water partition coefficient (Wildman–Crippen LogP) is 4.31. The molecule has 0 radical (unpaired) electrons. The van der Waals surface area contributed by atoms with Crippen LogP contribution in [0.4, 0.5) is 5.82 Å². The molecule has 0 unspecified atom stereocenters. The molecule has 0 atom stereocenters. The van der Waals surface area contributed by atoms with E-state index >= 15 is 0 Å². The number of nitrogens with one attached hydrogen (secondary N) is 1. The second-order valence-electron chi connectivity index (χ2n) is 5.66. The van der Waals surface area contributed by atoms with E-state index in [0.717, 1.165) is 27.8 Å². The third-order valence-corrected chi connectivity index (χ3v) is 4.72. The van der Waals surface area contributed by atoms with Crippen molar-refractivity contribution in [2.24, 2.45) is 0 Å². The van der Waals surface area contributed by atoms with Gasteiger partial charge in [-0.1, -0.05) is 58.7 Å². The first-order chi connectivity index (χ1) is 12.7. The van der Waals surface area contributed by atoms with E-state index in [1.54, 1.807) is 23.0 Å². The van der Waals surface area contributed by atoms with Gasteiger partial charge in [-0.15, -0.1) is 15.3 Å². The summed E-state index contributed by atoms with van der Waals surface area (Å²) in [5.74, 6) is 0.726. The molecule has 4 aromatic rings. The van der Waals surface area contributed by atoms with E-state index < -0.39 is 0 Å². The fourth-order valence-electron chi connectivity index (χ4n) is 2.73. The fraction of sp³-hybridized carbons (Fsp3) is 0.111. The zero-order valence-electron chi connectivity index (χ0n) is 13.6. The van der Waals surface area contributed by atoms with Crippen LogP contribution >= 0.6 is 23.2 Å². The molecule has 0 aliphatic heterocycles. The first kappa shape index (κ1) is 16.8. The summed E-state index contributed by atoms with van der Waals surface area (Å²) < 4.78 is 1.76. The molecule has 0 fully saturated rings. The first-order valence-corrected chi connectivity index (χ1v) is 8.77. The van der Waals surface area contributed by atoms with Crippen LogP contribution < -0.4 is 5.32 Å². The molecule has 0 amide bonds. The molecule has 2 heterocycles. The van der Waals surface area contributed by atoms with E-state index in [1.807, 2.05) is 36.5 Å². The van der Waals surface area contributed by atoms with Gasteiger partial charge in [-0.25, -0.2) is 0 Å². The van der Waals surface area contributed by atoms with Crippen molar-refractivity contribution in [1.82, 2.24) is 25.2 Å². The number of hydrogen-bond acceptors (Lipinski definition) is 5. The summed E-state index contributed by atoms with van der Waals surface area (Å²) in [6.07, 6.45) is 3.47. The van der Waals surface area contributed by atoms with Gasteiger partial charge >= 0.3 is 0 Å². The molecule has 0 saturated carbocycles. The average Bonchev–Trinajstić information content (AvgIpc) is 3.18. The van der Waals surface area contributed by atoms with Crippen molar-refractivity contribution >= 4 is 39.8 Å². The van der Waals surface area contributed by atoms with Crippen molar-refractivity contribution < 1.29 is 0 Å². The lowest BCUT2D eigenvalue weighted by Gasteiger charge is -2.11. The molecule has 130 valence electrons. The zero-order chi connectivity index (χ0) is 17.9. The lowest BCUT2D eigenvalue weighted by atomic mass is 10.0. The maximum Gasteiger partial charge on any atom is 0.156 e. The number of hydrogen-bond donors (Lipinski definition) is 1. The Morgan fingerprint density at radius 3 is 2.58 bits per heavy atom. The Bertz CT molecular complexity index is 1050. The second-order valence-corrected chi connectivity index (χ2v) is 6.48. The third-order valence-electron chi connectivity index (χ3n) is 3.99. The van der Waals surface area contributed by atoms with Gasteiger partial charge in [0.15, 0.2) is 5.82 Å². The van der Waals surface area contributed by atoms with E-state index in [1.165, 1.54) is 0 Å². The number of rotatable bonds is 5. The van der Waals surface area contributed by atoms with Crippen molar-refractivity contribution in [1.29, 1.82) is 0 Å². The Kier molecular flexibility index (Phi) is 4.69. The summed E-state index contributed by atoms with van der Waals surface area (Å²) >= 11 is 12.2. The van der Waals surface area contributed by atoms with Crippen LogP contribution in [-0.2, 0) is 6.54 Å². The molecule has 2 aromatic carbocycles. The summed E-state index contributed by atoms with van der Waals surface area (Å²) in [5.41, 5.74) is 1.64. The van der Waals surface area contributed by atoms with Crippen molar-refractivity contribution in [3.05, 3.63) is 64.9 Å². The second kappa shape index (κ2) is 7.27. The highest BCUT2D eigenvalue weighted by atomic mass is 35.5. The maximum absolute atomic E-state index is 6.16. The molecule has 0 spiro atoms. The van der Waals surface area contributed by atoms with Crippen LogP contribution in [-0.4, -0.2) is 31.7 Å². The van der Waals surface area contributed by atoms with Crippen molar-refractivity contribution in [2.45, 2.75) is 6.54 Å². The normalized spacial score (nSPS) is 11.0. The number of halogens is 2. The monoisotopic (exact) mass is 384 g/mol. The lowest BCUT2D eigenvalue weighted by Crippen LogP contribution is -2.12. The van der Waals surface area contributed by atoms with Crippen LogP contribution in [0.2, 0.25) is 10.0 Å². The highest BCUT2D eigenvalue weighted by Crippen LogP contribution is 2.33.